The van der Waals surface area contributed by atoms with Crippen LogP contribution in [0, 0.1) is 0 Å². The van der Waals surface area contributed by atoms with E-state index in [0.717, 1.165) is 35.9 Å². The molecule has 0 spiro atoms. The van der Waals surface area contributed by atoms with Gasteiger partial charge in [-0.1, -0.05) is 19.3 Å². The number of sulfonamides is 1. The second-order valence-corrected chi connectivity index (χ2v) is 10.1. The Morgan fingerprint density at radius 3 is 2.58 bits per heavy atom. The van der Waals surface area contributed by atoms with Crippen molar-refractivity contribution in [3.8, 4) is 0 Å². The molecule has 2 atom stereocenters. The van der Waals surface area contributed by atoms with Crippen LogP contribution in [0.2, 0.25) is 0 Å². The number of halogens is 2. The van der Waals surface area contributed by atoms with Crippen LogP contribution in [-0.4, -0.2) is 20.5 Å². The fourth-order valence-electron chi connectivity index (χ4n) is 2.25. The van der Waals surface area contributed by atoms with Crippen LogP contribution in [0.25, 0.3) is 0 Å². The lowest BCUT2D eigenvalue weighted by molar-refractivity contribution is 0.456. The molecule has 3 N–H and O–H groups in total. The minimum atomic E-state index is -3.52. The largest absolute Gasteiger partial charge is 0.326 e. The summed E-state index contributed by atoms with van der Waals surface area (Å²) in [6.45, 7) is 0. The predicted octanol–water partition coefficient (Wildman–Crippen LogP) is 3.21. The van der Waals surface area contributed by atoms with E-state index in [1.807, 2.05) is 0 Å². The Kier molecular flexibility index (Phi) is 5.47. The Hall–Kier alpha value is 0.530. The van der Waals surface area contributed by atoms with Gasteiger partial charge in [0, 0.05) is 12.1 Å². The average molecular weight is 432 g/mol. The molecular formula is C11H16Br2N2O2S2. The van der Waals surface area contributed by atoms with Gasteiger partial charge in [0.25, 0.3) is 0 Å². The maximum absolute atomic E-state index is 12.4. The van der Waals surface area contributed by atoms with Crippen molar-refractivity contribution < 1.29 is 8.42 Å². The number of hydrogen-bond acceptors (Lipinski definition) is 4. The van der Waals surface area contributed by atoms with Gasteiger partial charge in [0.05, 0.1) is 7.57 Å². The molecule has 1 aliphatic carbocycles. The van der Waals surface area contributed by atoms with E-state index in [2.05, 4.69) is 36.6 Å². The first-order chi connectivity index (χ1) is 8.90. The summed E-state index contributed by atoms with van der Waals surface area (Å²) in [6, 6.07) is 1.34. The van der Waals surface area contributed by atoms with Crippen LogP contribution in [0.15, 0.2) is 18.5 Å². The highest BCUT2D eigenvalue weighted by atomic mass is 79.9. The van der Waals surface area contributed by atoms with Crippen molar-refractivity contribution in [3.63, 3.8) is 0 Å². The maximum atomic E-state index is 12.4. The van der Waals surface area contributed by atoms with Crippen molar-refractivity contribution in [1.29, 1.82) is 0 Å². The second-order valence-electron chi connectivity index (χ2n) is 4.72. The number of rotatable bonds is 3. The van der Waals surface area contributed by atoms with E-state index in [1.165, 1.54) is 11.3 Å². The number of thiophene rings is 1. The standard InChI is InChI=1S/C11H16Br2N2O2S2/c12-10-6-9(11(13)18-10)19(16,17)15-8-5-3-1-2-4-7(8)14/h6-8,15H,1-5,14H2. The quantitative estimate of drug-likeness (QED) is 0.721. The molecule has 1 saturated carbocycles. The van der Waals surface area contributed by atoms with Crippen molar-refractivity contribution >= 4 is 53.2 Å². The highest BCUT2D eigenvalue weighted by molar-refractivity contribution is 9.12. The van der Waals surface area contributed by atoms with E-state index in [9.17, 15) is 8.42 Å². The third-order valence-corrected chi connectivity index (χ3v) is 7.54. The normalized spacial score (nSPS) is 25.2. The van der Waals surface area contributed by atoms with Gasteiger partial charge >= 0.3 is 0 Å². The molecule has 1 fully saturated rings. The molecule has 1 aromatic heterocycles. The molecule has 0 amide bonds. The average Bonchev–Trinajstić information content (AvgIpc) is 2.54. The summed E-state index contributed by atoms with van der Waals surface area (Å²) < 4.78 is 28.9. The Morgan fingerprint density at radius 2 is 1.95 bits per heavy atom. The zero-order valence-corrected chi connectivity index (χ0v) is 15.0. The van der Waals surface area contributed by atoms with E-state index < -0.39 is 10.0 Å². The number of nitrogens with one attached hydrogen (secondary N) is 1. The first-order valence-corrected chi connectivity index (χ1v) is 10.0. The van der Waals surface area contributed by atoms with Crippen molar-refractivity contribution in [3.05, 3.63) is 13.6 Å². The van der Waals surface area contributed by atoms with Crippen molar-refractivity contribution in [2.45, 2.75) is 49.1 Å². The zero-order chi connectivity index (χ0) is 14.0. The van der Waals surface area contributed by atoms with Crippen molar-refractivity contribution in [1.82, 2.24) is 4.72 Å². The van der Waals surface area contributed by atoms with E-state index in [-0.39, 0.29) is 17.0 Å². The van der Waals surface area contributed by atoms with Gasteiger partial charge in [-0.15, -0.1) is 11.3 Å². The Labute approximate surface area is 134 Å². The van der Waals surface area contributed by atoms with Crippen LogP contribution < -0.4 is 10.5 Å². The van der Waals surface area contributed by atoms with Crippen molar-refractivity contribution in [2.24, 2.45) is 5.73 Å². The summed E-state index contributed by atoms with van der Waals surface area (Å²) in [5.74, 6) is 0. The highest BCUT2D eigenvalue weighted by Gasteiger charge is 2.28. The van der Waals surface area contributed by atoms with Crippen LogP contribution in [0.1, 0.15) is 32.1 Å². The maximum Gasteiger partial charge on any atom is 0.242 e. The molecule has 0 saturated heterocycles. The molecular weight excluding hydrogens is 416 g/mol. The number of nitrogens with two attached hydrogens (primary N) is 1. The first kappa shape index (κ1) is 15.9. The Morgan fingerprint density at radius 1 is 1.26 bits per heavy atom. The van der Waals surface area contributed by atoms with Crippen LogP contribution in [0.4, 0.5) is 0 Å². The molecule has 0 aliphatic heterocycles. The molecule has 0 radical (unpaired) electrons. The fourth-order valence-corrected chi connectivity index (χ4v) is 7.39. The zero-order valence-electron chi connectivity index (χ0n) is 10.2. The minimum Gasteiger partial charge on any atom is -0.326 e. The van der Waals surface area contributed by atoms with Gasteiger partial charge < -0.3 is 5.73 Å². The first-order valence-electron chi connectivity index (χ1n) is 6.13. The van der Waals surface area contributed by atoms with Gasteiger partial charge in [0.2, 0.25) is 10.0 Å². The smallest absolute Gasteiger partial charge is 0.242 e. The molecule has 0 aromatic carbocycles. The van der Waals surface area contributed by atoms with E-state index in [4.69, 9.17) is 5.73 Å². The lowest BCUT2D eigenvalue weighted by Gasteiger charge is -2.22. The molecule has 1 aliphatic rings. The molecule has 0 bridgehead atoms. The number of hydrogen-bond donors (Lipinski definition) is 2. The monoisotopic (exact) mass is 430 g/mol. The summed E-state index contributed by atoms with van der Waals surface area (Å²) in [6.07, 6.45) is 4.91. The molecule has 2 rings (SSSR count). The molecule has 108 valence electrons. The summed E-state index contributed by atoms with van der Waals surface area (Å²) in [5, 5.41) is 0. The Balaban J connectivity index is 2.18. The third-order valence-electron chi connectivity index (χ3n) is 3.29. The van der Waals surface area contributed by atoms with E-state index in [0.29, 0.717) is 3.79 Å². The van der Waals surface area contributed by atoms with Crippen LogP contribution in [0.5, 0.6) is 0 Å². The fraction of sp³-hybridized carbons (Fsp3) is 0.636. The van der Waals surface area contributed by atoms with Gasteiger partial charge in [-0.2, -0.15) is 0 Å². The lowest BCUT2D eigenvalue weighted by Crippen LogP contribution is -2.46. The lowest BCUT2D eigenvalue weighted by atomic mass is 10.1. The van der Waals surface area contributed by atoms with Crippen LogP contribution in [0.3, 0.4) is 0 Å². The SMILES string of the molecule is NC1CCCCCC1NS(=O)(=O)c1cc(Br)sc1Br. The summed E-state index contributed by atoms with van der Waals surface area (Å²) in [7, 11) is -3.52. The third kappa shape index (κ3) is 4.01. The summed E-state index contributed by atoms with van der Waals surface area (Å²) in [5.41, 5.74) is 6.06. The minimum absolute atomic E-state index is 0.0990. The second kappa shape index (κ2) is 6.53. The van der Waals surface area contributed by atoms with Gasteiger partial charge in [-0.25, -0.2) is 13.1 Å². The topological polar surface area (TPSA) is 72.2 Å². The molecule has 1 aromatic rings. The highest BCUT2D eigenvalue weighted by Crippen LogP contribution is 2.35. The van der Waals surface area contributed by atoms with Crippen LogP contribution >= 0.6 is 43.2 Å². The molecule has 19 heavy (non-hydrogen) atoms. The molecule has 2 unspecified atom stereocenters. The van der Waals surface area contributed by atoms with Crippen molar-refractivity contribution in [2.75, 3.05) is 0 Å². The van der Waals surface area contributed by atoms with Crippen LogP contribution in [-0.2, 0) is 10.0 Å². The summed E-state index contributed by atoms with van der Waals surface area (Å²) >= 11 is 7.93. The molecule has 1 heterocycles. The van der Waals surface area contributed by atoms with Gasteiger partial charge in [0.1, 0.15) is 4.90 Å². The Bertz CT molecular complexity index is 545. The van der Waals surface area contributed by atoms with E-state index >= 15 is 0 Å². The van der Waals surface area contributed by atoms with Gasteiger partial charge in [-0.05, 0) is 50.8 Å². The molecule has 4 nitrogen and oxygen atoms in total. The van der Waals surface area contributed by atoms with Gasteiger partial charge in [-0.3, -0.25) is 0 Å². The predicted molar refractivity (Wildman–Crippen MR) is 84.9 cm³/mol. The van der Waals surface area contributed by atoms with E-state index in [1.54, 1.807) is 6.07 Å². The summed E-state index contributed by atoms with van der Waals surface area (Å²) in [4.78, 5) is 0.279. The van der Waals surface area contributed by atoms with Gasteiger partial charge in [0.15, 0.2) is 0 Å². The molecule has 8 heteroatoms.